The first-order valence-corrected chi connectivity index (χ1v) is 11.0. The number of hydrogen-bond acceptors (Lipinski definition) is 4. The summed E-state index contributed by atoms with van der Waals surface area (Å²) < 4.78 is 0. The van der Waals surface area contributed by atoms with Crippen molar-refractivity contribution in [2.45, 2.75) is 39.2 Å². The van der Waals surface area contributed by atoms with Crippen LogP contribution in [0.5, 0.6) is 0 Å². The quantitative estimate of drug-likeness (QED) is 0.200. The number of carbonyl (C=O) groups is 2. The molecule has 3 rings (SSSR count). The van der Waals surface area contributed by atoms with Gasteiger partial charge in [-0.3, -0.25) is 19.5 Å². The van der Waals surface area contributed by atoms with Crippen LogP contribution in [0.3, 0.4) is 0 Å². The van der Waals surface area contributed by atoms with E-state index in [2.05, 4.69) is 60.6 Å². The summed E-state index contributed by atoms with van der Waals surface area (Å²) in [4.78, 5) is 33.5. The van der Waals surface area contributed by atoms with Crippen LogP contribution in [-0.2, 0) is 9.59 Å². The minimum absolute atomic E-state index is 0.0434. The van der Waals surface area contributed by atoms with Gasteiger partial charge in [-0.15, -0.1) is 0 Å². The number of imide groups is 1. The average Bonchev–Trinajstić information content (AvgIpc) is 3.35. The number of nitrogens with one attached hydrogen (secondary N) is 2. The summed E-state index contributed by atoms with van der Waals surface area (Å²) in [6, 6.07) is 0.441. The van der Waals surface area contributed by atoms with Crippen LogP contribution in [-0.4, -0.2) is 74.4 Å². The fraction of sp³-hybridized carbons (Fsp3) is 0.773. The first kappa shape index (κ1) is 21.8. The van der Waals surface area contributed by atoms with E-state index in [-0.39, 0.29) is 35.5 Å². The largest absolute Gasteiger partial charge is 0.356 e. The molecule has 2 amide bonds. The Morgan fingerprint density at radius 3 is 2.31 bits per heavy atom. The van der Waals surface area contributed by atoms with E-state index in [0.29, 0.717) is 25.0 Å². The lowest BCUT2D eigenvalue weighted by Crippen LogP contribution is -2.46. The fourth-order valence-corrected chi connectivity index (χ4v) is 5.08. The number of likely N-dealkylation sites (tertiary alicyclic amines) is 1. The summed E-state index contributed by atoms with van der Waals surface area (Å²) in [5.41, 5.74) is 0. The van der Waals surface area contributed by atoms with E-state index < -0.39 is 0 Å². The topological polar surface area (TPSA) is 77.0 Å². The third kappa shape index (κ3) is 4.65. The Labute approximate surface area is 175 Å². The van der Waals surface area contributed by atoms with Crippen molar-refractivity contribution in [2.24, 2.45) is 34.6 Å². The summed E-state index contributed by atoms with van der Waals surface area (Å²) >= 11 is 0. The molecule has 7 nitrogen and oxygen atoms in total. The van der Waals surface area contributed by atoms with Crippen LogP contribution in [0.1, 0.15) is 33.1 Å². The van der Waals surface area contributed by atoms with Crippen molar-refractivity contribution >= 4 is 17.8 Å². The van der Waals surface area contributed by atoms with Crippen LogP contribution in [0.4, 0.5) is 0 Å². The van der Waals surface area contributed by atoms with Gasteiger partial charge in [0, 0.05) is 32.7 Å². The van der Waals surface area contributed by atoms with Gasteiger partial charge in [0.15, 0.2) is 5.96 Å². The lowest BCUT2D eigenvalue weighted by molar-refractivity contribution is -0.140. The summed E-state index contributed by atoms with van der Waals surface area (Å²) in [6.07, 6.45) is 7.10. The molecule has 1 heterocycles. The first-order chi connectivity index (χ1) is 13.8. The maximum Gasteiger partial charge on any atom is 0.233 e. The van der Waals surface area contributed by atoms with Crippen molar-refractivity contribution in [3.63, 3.8) is 0 Å². The number of nitrogens with zero attached hydrogens (tertiary/aromatic N) is 3. The first-order valence-electron chi connectivity index (χ1n) is 11.0. The van der Waals surface area contributed by atoms with Gasteiger partial charge in [-0.25, -0.2) is 0 Å². The van der Waals surface area contributed by atoms with Crippen molar-refractivity contribution < 1.29 is 9.59 Å². The molecule has 7 heteroatoms. The highest BCUT2D eigenvalue weighted by molar-refractivity contribution is 6.06. The average molecular weight is 404 g/mol. The number of aliphatic imine (C=N–C) groups is 1. The number of hydrogen-bond donors (Lipinski definition) is 2. The molecule has 162 valence electrons. The molecule has 29 heavy (non-hydrogen) atoms. The number of rotatable bonds is 9. The van der Waals surface area contributed by atoms with Crippen molar-refractivity contribution in [2.75, 3.05) is 40.8 Å². The summed E-state index contributed by atoms with van der Waals surface area (Å²) in [5, 5.41) is 6.71. The lowest BCUT2D eigenvalue weighted by atomic mass is 9.85. The van der Waals surface area contributed by atoms with E-state index >= 15 is 0 Å². The van der Waals surface area contributed by atoms with Crippen molar-refractivity contribution in [1.29, 1.82) is 0 Å². The van der Waals surface area contributed by atoms with E-state index in [9.17, 15) is 9.59 Å². The molecule has 2 bridgehead atoms. The van der Waals surface area contributed by atoms with Crippen molar-refractivity contribution in [1.82, 2.24) is 20.4 Å². The molecule has 1 aliphatic heterocycles. The van der Waals surface area contributed by atoms with Crippen LogP contribution >= 0.6 is 0 Å². The lowest BCUT2D eigenvalue weighted by Gasteiger charge is -2.27. The highest BCUT2D eigenvalue weighted by Gasteiger charge is 2.58. The third-order valence-electron chi connectivity index (χ3n) is 6.62. The van der Waals surface area contributed by atoms with Crippen LogP contribution in [0.2, 0.25) is 0 Å². The fourth-order valence-electron chi connectivity index (χ4n) is 5.08. The summed E-state index contributed by atoms with van der Waals surface area (Å²) in [7, 11) is 5.97. The minimum atomic E-state index is -0.0937. The normalized spacial score (nSPS) is 29.3. The second-order valence-corrected chi connectivity index (χ2v) is 9.31. The predicted octanol–water partition coefficient (Wildman–Crippen LogP) is 1.32. The molecule has 1 saturated carbocycles. The van der Waals surface area contributed by atoms with Gasteiger partial charge in [0.25, 0.3) is 0 Å². The van der Waals surface area contributed by atoms with Crippen LogP contribution in [0.15, 0.2) is 17.1 Å². The molecule has 2 aliphatic carbocycles. The van der Waals surface area contributed by atoms with Gasteiger partial charge < -0.3 is 15.5 Å². The van der Waals surface area contributed by atoms with Crippen molar-refractivity contribution in [3.8, 4) is 0 Å². The number of fused-ring (bicyclic) bond motifs is 5. The highest BCUT2D eigenvalue weighted by atomic mass is 16.2. The zero-order chi connectivity index (χ0) is 21.1. The maximum absolute atomic E-state index is 12.7. The Morgan fingerprint density at radius 2 is 1.79 bits per heavy atom. The van der Waals surface area contributed by atoms with Gasteiger partial charge in [-0.2, -0.15) is 0 Å². The van der Waals surface area contributed by atoms with E-state index in [0.717, 1.165) is 31.8 Å². The molecule has 5 atom stereocenters. The van der Waals surface area contributed by atoms with Gasteiger partial charge in [-0.1, -0.05) is 26.0 Å². The van der Waals surface area contributed by atoms with Gasteiger partial charge >= 0.3 is 0 Å². The number of amides is 2. The molecule has 3 aliphatic rings. The Kier molecular flexibility index (Phi) is 6.98. The van der Waals surface area contributed by atoms with Gasteiger partial charge in [0.2, 0.25) is 11.8 Å². The molecular weight excluding hydrogens is 366 g/mol. The standard InChI is InChI=1S/C22H37N5O2/c1-14(2)11-17(26(4)5)13-25-22(23-3)24-9-6-10-27-20(28)18-15-7-8-16(12-15)19(18)21(27)29/h7-8,14-19H,6,9-13H2,1-5H3,(H2,23,24,25). The summed E-state index contributed by atoms with van der Waals surface area (Å²) in [5.74, 6) is 1.86. The van der Waals surface area contributed by atoms with E-state index in [1.165, 1.54) is 4.90 Å². The highest BCUT2D eigenvalue weighted by Crippen LogP contribution is 2.52. The zero-order valence-corrected chi connectivity index (χ0v) is 18.5. The molecule has 1 saturated heterocycles. The number of allylic oxidation sites excluding steroid dienone is 2. The molecule has 2 N–H and O–H groups in total. The van der Waals surface area contributed by atoms with Crippen molar-refractivity contribution in [3.05, 3.63) is 12.2 Å². The Morgan fingerprint density at radius 1 is 1.17 bits per heavy atom. The van der Waals surface area contributed by atoms with Crippen LogP contribution < -0.4 is 10.6 Å². The maximum atomic E-state index is 12.7. The predicted molar refractivity (Wildman–Crippen MR) is 115 cm³/mol. The van der Waals surface area contributed by atoms with Crippen LogP contribution in [0.25, 0.3) is 0 Å². The van der Waals surface area contributed by atoms with E-state index in [1.807, 2.05) is 0 Å². The Balaban J connectivity index is 1.40. The second-order valence-electron chi connectivity index (χ2n) is 9.31. The van der Waals surface area contributed by atoms with Gasteiger partial charge in [-0.05, 0) is 51.1 Å². The molecule has 2 fully saturated rings. The molecular formula is C22H37N5O2. The van der Waals surface area contributed by atoms with Gasteiger partial charge in [0.1, 0.15) is 0 Å². The monoisotopic (exact) mass is 403 g/mol. The smallest absolute Gasteiger partial charge is 0.233 e. The summed E-state index contributed by atoms with van der Waals surface area (Å²) in [6.45, 7) is 6.46. The zero-order valence-electron chi connectivity index (χ0n) is 18.5. The SMILES string of the molecule is CN=C(NCCCN1C(=O)C2C3C=CC(C3)C2C1=O)NCC(CC(C)C)N(C)C. The molecule has 0 aromatic heterocycles. The van der Waals surface area contributed by atoms with E-state index in [1.54, 1.807) is 7.05 Å². The van der Waals surface area contributed by atoms with E-state index in [4.69, 9.17) is 0 Å². The number of guanidine groups is 1. The number of likely N-dealkylation sites (N-methyl/N-ethyl adjacent to an activating group) is 1. The minimum Gasteiger partial charge on any atom is -0.356 e. The Bertz CT molecular complexity index is 642. The molecule has 0 aromatic carbocycles. The molecule has 0 spiro atoms. The number of carbonyl (C=O) groups excluding carboxylic acids is 2. The molecule has 0 aromatic rings. The van der Waals surface area contributed by atoms with Gasteiger partial charge in [0.05, 0.1) is 11.8 Å². The Hall–Kier alpha value is -1.89. The second kappa shape index (κ2) is 9.28. The third-order valence-corrected chi connectivity index (χ3v) is 6.62. The molecule has 0 radical (unpaired) electrons. The van der Waals surface area contributed by atoms with Crippen LogP contribution in [0, 0.1) is 29.6 Å². The molecule has 5 unspecified atom stereocenters.